The van der Waals surface area contributed by atoms with Gasteiger partial charge in [-0.15, -0.1) is 0 Å². The van der Waals surface area contributed by atoms with Crippen molar-refractivity contribution in [2.24, 2.45) is 0 Å². The number of amides is 1. The van der Waals surface area contributed by atoms with Crippen LogP contribution < -0.4 is 0 Å². The number of hydrogen-bond acceptors (Lipinski definition) is 3. The van der Waals surface area contributed by atoms with E-state index in [4.69, 9.17) is 0 Å². The van der Waals surface area contributed by atoms with Crippen LogP contribution in [0.25, 0.3) is 0 Å². The molecule has 4 nitrogen and oxygen atoms in total. The molecule has 0 bridgehead atoms. The van der Waals surface area contributed by atoms with Crippen molar-refractivity contribution in [3.8, 4) is 0 Å². The Kier molecular flexibility index (Phi) is 14.3. The Morgan fingerprint density at radius 3 is 1.38 bits per heavy atom. The summed E-state index contributed by atoms with van der Waals surface area (Å²) in [7, 11) is 3.07. The normalized spacial score (nSPS) is 11.7. The second kappa shape index (κ2) is 14.7. The second-order valence-corrected chi connectivity index (χ2v) is 7.36. The Bertz CT molecular complexity index is 303. The Morgan fingerprint density at radius 1 is 0.708 bits per heavy atom. The number of nitrogens with zero attached hydrogens (tertiary/aromatic N) is 1. The van der Waals surface area contributed by atoms with Crippen molar-refractivity contribution in [1.29, 1.82) is 0 Å². The molecule has 24 heavy (non-hydrogen) atoms. The molecular weight excluding hydrogens is 302 g/mol. The van der Waals surface area contributed by atoms with E-state index in [1.165, 1.54) is 89.6 Å². The van der Waals surface area contributed by atoms with E-state index in [9.17, 15) is 15.0 Å². The van der Waals surface area contributed by atoms with Crippen LogP contribution in [0.4, 0.5) is 0 Å². The average molecular weight is 344 g/mol. The summed E-state index contributed by atoms with van der Waals surface area (Å²) < 4.78 is 0. The Morgan fingerprint density at radius 2 is 1.04 bits per heavy atom. The molecule has 0 fully saturated rings. The monoisotopic (exact) mass is 343 g/mol. The lowest BCUT2D eigenvalue weighted by Crippen LogP contribution is -2.46. The second-order valence-electron chi connectivity index (χ2n) is 7.36. The molecule has 144 valence electrons. The molecule has 0 atom stereocenters. The highest BCUT2D eigenvalue weighted by Gasteiger charge is 2.33. The zero-order chi connectivity index (χ0) is 18.3. The summed E-state index contributed by atoms with van der Waals surface area (Å²) in [5.41, 5.74) is 0. The van der Waals surface area contributed by atoms with Gasteiger partial charge >= 0.3 is 0 Å². The van der Waals surface area contributed by atoms with Gasteiger partial charge in [0, 0.05) is 20.5 Å². The minimum absolute atomic E-state index is 0.127. The van der Waals surface area contributed by atoms with Crippen LogP contribution in [-0.4, -0.2) is 40.9 Å². The highest BCUT2D eigenvalue weighted by Crippen LogP contribution is 2.17. The fourth-order valence-corrected chi connectivity index (χ4v) is 3.03. The predicted octanol–water partition coefficient (Wildman–Crippen LogP) is 4.63. The van der Waals surface area contributed by atoms with Gasteiger partial charge in [-0.3, -0.25) is 4.79 Å². The zero-order valence-electron chi connectivity index (χ0n) is 16.4. The number of likely N-dealkylation sites (N-methyl/N-ethyl adjacent to an activating group) is 1. The summed E-state index contributed by atoms with van der Waals surface area (Å²) in [4.78, 5) is 12.8. The molecule has 0 aromatic heterocycles. The van der Waals surface area contributed by atoms with Gasteiger partial charge in [0.05, 0.1) is 0 Å². The van der Waals surface area contributed by atoms with Crippen LogP contribution in [0, 0.1) is 0 Å². The van der Waals surface area contributed by atoms with E-state index in [2.05, 4.69) is 6.92 Å². The minimum atomic E-state index is -2.19. The molecule has 0 aliphatic heterocycles. The van der Waals surface area contributed by atoms with E-state index >= 15 is 0 Å². The van der Waals surface area contributed by atoms with Crippen LogP contribution in [-0.2, 0) is 4.79 Å². The molecule has 0 aromatic rings. The molecule has 0 aliphatic carbocycles. The average Bonchev–Trinajstić information content (AvgIpc) is 2.54. The quantitative estimate of drug-likeness (QED) is 0.317. The third-order valence-corrected chi connectivity index (χ3v) is 4.63. The van der Waals surface area contributed by atoms with Crippen molar-refractivity contribution in [3.63, 3.8) is 0 Å². The molecule has 1 amide bonds. The van der Waals surface area contributed by atoms with Crippen molar-refractivity contribution in [1.82, 2.24) is 4.90 Å². The number of rotatable bonds is 16. The smallest absolute Gasteiger partial charge is 0.281 e. The van der Waals surface area contributed by atoms with Gasteiger partial charge in [-0.1, -0.05) is 90.4 Å². The lowest BCUT2D eigenvalue weighted by molar-refractivity contribution is -0.196. The first-order chi connectivity index (χ1) is 11.4. The topological polar surface area (TPSA) is 60.8 Å². The van der Waals surface area contributed by atoms with Gasteiger partial charge in [-0.2, -0.15) is 0 Å². The SMILES string of the molecule is CCCCCCCCCCCCCCCCC(O)(O)C(=O)N(C)C. The van der Waals surface area contributed by atoms with Crippen LogP contribution in [0.3, 0.4) is 0 Å². The van der Waals surface area contributed by atoms with Gasteiger partial charge in [-0.25, -0.2) is 0 Å². The van der Waals surface area contributed by atoms with Gasteiger partial charge in [0.15, 0.2) is 0 Å². The first kappa shape index (κ1) is 23.4. The first-order valence-electron chi connectivity index (χ1n) is 10.1. The van der Waals surface area contributed by atoms with Crippen LogP contribution in [0.1, 0.15) is 103 Å². The largest absolute Gasteiger partial charge is 0.358 e. The third-order valence-electron chi connectivity index (χ3n) is 4.63. The highest BCUT2D eigenvalue weighted by atomic mass is 16.5. The number of carbonyl (C=O) groups excluding carboxylic acids is 1. The summed E-state index contributed by atoms with van der Waals surface area (Å²) in [6.07, 6.45) is 17.7. The molecule has 0 saturated heterocycles. The standard InChI is InChI=1S/C20H41NO3/c1-4-5-6-7-8-9-10-11-12-13-14-15-16-17-18-20(23,24)19(22)21(2)3/h23-24H,4-18H2,1-3H3. The van der Waals surface area contributed by atoms with Gasteiger partial charge in [0.1, 0.15) is 0 Å². The molecule has 0 heterocycles. The summed E-state index contributed by atoms with van der Waals surface area (Å²) >= 11 is 0. The Hall–Kier alpha value is -0.610. The molecular formula is C20H41NO3. The van der Waals surface area contributed by atoms with Crippen molar-refractivity contribution < 1.29 is 15.0 Å². The van der Waals surface area contributed by atoms with E-state index in [1.54, 1.807) is 0 Å². The number of carbonyl (C=O) groups is 1. The molecule has 2 N–H and O–H groups in total. The minimum Gasteiger partial charge on any atom is -0.358 e. The molecule has 4 heteroatoms. The van der Waals surface area contributed by atoms with E-state index in [0.717, 1.165) is 12.8 Å². The fraction of sp³-hybridized carbons (Fsp3) is 0.950. The molecule has 0 aliphatic rings. The number of aliphatic hydroxyl groups is 2. The molecule has 0 aromatic carbocycles. The molecule has 0 saturated carbocycles. The first-order valence-corrected chi connectivity index (χ1v) is 10.1. The van der Waals surface area contributed by atoms with Gasteiger partial charge in [0.25, 0.3) is 5.91 Å². The van der Waals surface area contributed by atoms with Crippen LogP contribution in [0.2, 0.25) is 0 Å². The molecule has 0 rings (SSSR count). The number of unbranched alkanes of at least 4 members (excludes halogenated alkanes) is 13. The third kappa shape index (κ3) is 12.8. The predicted molar refractivity (Wildman–Crippen MR) is 101 cm³/mol. The summed E-state index contributed by atoms with van der Waals surface area (Å²) in [6.45, 7) is 2.26. The van der Waals surface area contributed by atoms with Crippen molar-refractivity contribution in [2.45, 2.75) is 109 Å². The summed E-state index contributed by atoms with van der Waals surface area (Å²) in [5, 5.41) is 19.4. The Labute approximate surface area is 149 Å². The van der Waals surface area contributed by atoms with E-state index in [-0.39, 0.29) is 6.42 Å². The highest BCUT2D eigenvalue weighted by molar-refractivity contribution is 5.82. The molecule has 0 spiro atoms. The van der Waals surface area contributed by atoms with Crippen molar-refractivity contribution >= 4 is 5.91 Å². The summed E-state index contributed by atoms with van der Waals surface area (Å²) in [5.74, 6) is -2.82. The van der Waals surface area contributed by atoms with E-state index in [1.807, 2.05) is 0 Å². The van der Waals surface area contributed by atoms with Crippen molar-refractivity contribution in [3.05, 3.63) is 0 Å². The van der Waals surface area contributed by atoms with Crippen molar-refractivity contribution in [2.75, 3.05) is 14.1 Å². The maximum absolute atomic E-state index is 11.6. The molecule has 0 radical (unpaired) electrons. The van der Waals surface area contributed by atoms with Gasteiger partial charge < -0.3 is 15.1 Å². The lowest BCUT2D eigenvalue weighted by Gasteiger charge is -2.24. The maximum atomic E-state index is 11.6. The van der Waals surface area contributed by atoms with E-state index < -0.39 is 11.7 Å². The Balaban J connectivity index is 3.33. The van der Waals surface area contributed by atoms with Crippen LogP contribution >= 0.6 is 0 Å². The van der Waals surface area contributed by atoms with Crippen LogP contribution in [0.15, 0.2) is 0 Å². The molecule has 0 unspecified atom stereocenters. The lowest BCUT2D eigenvalue weighted by atomic mass is 10.0. The maximum Gasteiger partial charge on any atom is 0.281 e. The summed E-state index contributed by atoms with van der Waals surface area (Å²) in [6, 6.07) is 0. The van der Waals surface area contributed by atoms with E-state index in [0.29, 0.717) is 6.42 Å². The fourth-order valence-electron chi connectivity index (χ4n) is 3.03. The van der Waals surface area contributed by atoms with Crippen LogP contribution in [0.5, 0.6) is 0 Å². The van der Waals surface area contributed by atoms with Gasteiger partial charge in [-0.05, 0) is 6.42 Å². The zero-order valence-corrected chi connectivity index (χ0v) is 16.4. The number of hydrogen-bond donors (Lipinski definition) is 2. The van der Waals surface area contributed by atoms with Gasteiger partial charge in [0.2, 0.25) is 5.79 Å².